The number of nitrogens with zero attached hydrogens (tertiary/aromatic N) is 3. The number of aryl methyl sites for hydroxylation is 1. The number of pyridine rings is 1. The fourth-order valence-corrected chi connectivity index (χ4v) is 3.60. The normalized spacial score (nSPS) is 12.5. The van der Waals surface area contributed by atoms with Crippen molar-refractivity contribution in [3.63, 3.8) is 0 Å². The van der Waals surface area contributed by atoms with E-state index in [0.29, 0.717) is 15.8 Å². The van der Waals surface area contributed by atoms with Gasteiger partial charge < -0.3 is 4.74 Å². The number of rotatable bonds is 4. The van der Waals surface area contributed by atoms with Crippen molar-refractivity contribution >= 4 is 51.7 Å². The standard InChI is InChI=1S/C16H14ClN3O3S/c1-8-6-13-18-19-16(24-14(9(2)21)15(22)23-3)20(13)12-5-4-10(17)7-11(8)12/h4-7,14H,1-3H3. The molecule has 3 rings (SSSR count). The molecule has 0 amide bonds. The molecule has 1 aromatic carbocycles. The highest BCUT2D eigenvalue weighted by molar-refractivity contribution is 8.01. The maximum Gasteiger partial charge on any atom is 0.326 e. The number of hydrogen-bond donors (Lipinski definition) is 0. The predicted molar refractivity (Wildman–Crippen MR) is 92.6 cm³/mol. The zero-order valence-electron chi connectivity index (χ0n) is 13.2. The maximum atomic E-state index is 11.8. The number of carbonyl (C=O) groups is 2. The van der Waals surface area contributed by atoms with Crippen LogP contribution < -0.4 is 0 Å². The van der Waals surface area contributed by atoms with Crippen LogP contribution in [0.2, 0.25) is 5.02 Å². The monoisotopic (exact) mass is 363 g/mol. The summed E-state index contributed by atoms with van der Waals surface area (Å²) in [6.45, 7) is 3.31. The Labute approximate surface area is 147 Å². The number of fused-ring (bicyclic) bond motifs is 3. The van der Waals surface area contributed by atoms with Crippen LogP contribution in [0.4, 0.5) is 0 Å². The van der Waals surface area contributed by atoms with Crippen LogP contribution in [0.5, 0.6) is 0 Å². The number of halogens is 1. The van der Waals surface area contributed by atoms with Gasteiger partial charge in [-0.05, 0) is 43.7 Å². The number of carbonyl (C=O) groups excluding carboxylic acids is 2. The fourth-order valence-electron chi connectivity index (χ4n) is 2.48. The number of ketones is 1. The van der Waals surface area contributed by atoms with Crippen molar-refractivity contribution in [3.8, 4) is 0 Å². The zero-order chi connectivity index (χ0) is 17.4. The number of Topliss-reactive ketones (excluding diaryl/α,β-unsaturated/α-hetero) is 1. The minimum atomic E-state index is -0.981. The molecule has 8 heteroatoms. The Morgan fingerprint density at radius 1 is 1.29 bits per heavy atom. The van der Waals surface area contributed by atoms with E-state index in [9.17, 15) is 9.59 Å². The molecule has 24 heavy (non-hydrogen) atoms. The van der Waals surface area contributed by atoms with Gasteiger partial charge >= 0.3 is 5.97 Å². The molecule has 3 aromatic rings. The summed E-state index contributed by atoms with van der Waals surface area (Å²) in [6, 6.07) is 7.39. The summed E-state index contributed by atoms with van der Waals surface area (Å²) >= 11 is 7.11. The third-order valence-corrected chi connectivity index (χ3v) is 5.11. The Balaban J connectivity index is 2.19. The van der Waals surface area contributed by atoms with Gasteiger partial charge in [0.2, 0.25) is 0 Å². The van der Waals surface area contributed by atoms with Crippen LogP contribution in [0.1, 0.15) is 12.5 Å². The van der Waals surface area contributed by atoms with Gasteiger partial charge in [0.15, 0.2) is 21.8 Å². The van der Waals surface area contributed by atoms with Crippen LogP contribution >= 0.6 is 23.4 Å². The van der Waals surface area contributed by atoms with Gasteiger partial charge in [-0.1, -0.05) is 23.4 Å². The number of ether oxygens (including phenoxy) is 1. The Kier molecular flexibility index (Phi) is 4.47. The first kappa shape index (κ1) is 16.7. The SMILES string of the molecule is COC(=O)C(Sc1nnc2cc(C)c3cc(Cl)ccc3n12)C(C)=O. The van der Waals surface area contributed by atoms with Gasteiger partial charge in [-0.2, -0.15) is 0 Å². The molecule has 0 saturated carbocycles. The molecule has 0 saturated heterocycles. The number of thioether (sulfide) groups is 1. The molecular weight excluding hydrogens is 350 g/mol. The first-order valence-electron chi connectivity index (χ1n) is 7.11. The molecule has 0 radical (unpaired) electrons. The van der Waals surface area contributed by atoms with Crippen molar-refractivity contribution in [3.05, 3.63) is 34.9 Å². The lowest BCUT2D eigenvalue weighted by Gasteiger charge is -2.11. The Morgan fingerprint density at radius 3 is 2.71 bits per heavy atom. The summed E-state index contributed by atoms with van der Waals surface area (Å²) in [7, 11) is 1.25. The van der Waals surface area contributed by atoms with Crippen molar-refractivity contribution in [1.82, 2.24) is 14.6 Å². The van der Waals surface area contributed by atoms with E-state index in [1.54, 1.807) is 6.07 Å². The zero-order valence-corrected chi connectivity index (χ0v) is 14.8. The van der Waals surface area contributed by atoms with E-state index >= 15 is 0 Å². The third-order valence-electron chi connectivity index (χ3n) is 3.64. The molecule has 2 aromatic heterocycles. The molecule has 1 unspecified atom stereocenters. The molecule has 0 N–H and O–H groups in total. The summed E-state index contributed by atoms with van der Waals surface area (Å²) in [5, 5.41) is 9.32. The molecule has 0 spiro atoms. The molecule has 0 bridgehead atoms. The smallest absolute Gasteiger partial charge is 0.326 e. The molecule has 124 valence electrons. The first-order valence-corrected chi connectivity index (χ1v) is 8.37. The Hall–Kier alpha value is -2.12. The second-order valence-corrected chi connectivity index (χ2v) is 6.81. The lowest BCUT2D eigenvalue weighted by molar-refractivity contribution is -0.142. The quantitative estimate of drug-likeness (QED) is 0.403. The summed E-state index contributed by atoms with van der Waals surface area (Å²) in [6.07, 6.45) is 0. The van der Waals surface area contributed by atoms with E-state index in [1.807, 2.05) is 29.5 Å². The van der Waals surface area contributed by atoms with E-state index in [2.05, 4.69) is 10.2 Å². The van der Waals surface area contributed by atoms with E-state index in [1.165, 1.54) is 14.0 Å². The number of aromatic nitrogens is 3. The van der Waals surface area contributed by atoms with Crippen molar-refractivity contribution in [2.24, 2.45) is 0 Å². The van der Waals surface area contributed by atoms with Crippen LogP contribution in [0, 0.1) is 6.92 Å². The minimum Gasteiger partial charge on any atom is -0.468 e. The van der Waals surface area contributed by atoms with Gasteiger partial charge in [0.05, 0.1) is 12.6 Å². The van der Waals surface area contributed by atoms with Gasteiger partial charge in [0, 0.05) is 10.4 Å². The van der Waals surface area contributed by atoms with Gasteiger partial charge in [-0.25, -0.2) is 0 Å². The number of benzene rings is 1. The molecule has 0 aliphatic carbocycles. The third kappa shape index (κ3) is 2.85. The molecule has 0 aliphatic rings. The van der Waals surface area contributed by atoms with E-state index in [4.69, 9.17) is 16.3 Å². The number of hydrogen-bond acceptors (Lipinski definition) is 6. The van der Waals surface area contributed by atoms with Crippen molar-refractivity contribution in [2.75, 3.05) is 7.11 Å². The average Bonchev–Trinajstić information content (AvgIpc) is 2.94. The van der Waals surface area contributed by atoms with E-state index < -0.39 is 11.2 Å². The maximum absolute atomic E-state index is 11.8. The minimum absolute atomic E-state index is 0.303. The highest BCUT2D eigenvalue weighted by Crippen LogP contribution is 2.30. The van der Waals surface area contributed by atoms with Crippen molar-refractivity contribution in [2.45, 2.75) is 24.3 Å². The lowest BCUT2D eigenvalue weighted by atomic mass is 10.1. The van der Waals surface area contributed by atoms with Gasteiger partial charge in [-0.15, -0.1) is 10.2 Å². The van der Waals surface area contributed by atoms with E-state index in [0.717, 1.165) is 28.2 Å². The second-order valence-electron chi connectivity index (χ2n) is 5.30. The molecular formula is C16H14ClN3O3S. The van der Waals surface area contributed by atoms with Crippen LogP contribution in [-0.2, 0) is 14.3 Å². The number of esters is 1. The summed E-state index contributed by atoms with van der Waals surface area (Å²) < 4.78 is 6.51. The summed E-state index contributed by atoms with van der Waals surface area (Å²) in [5.41, 5.74) is 2.51. The second kappa shape index (κ2) is 6.41. The first-order chi connectivity index (χ1) is 11.4. The summed E-state index contributed by atoms with van der Waals surface area (Å²) in [5.74, 6) is -0.910. The van der Waals surface area contributed by atoms with Crippen LogP contribution in [-0.4, -0.2) is 38.7 Å². The molecule has 2 heterocycles. The van der Waals surface area contributed by atoms with Crippen LogP contribution in [0.25, 0.3) is 16.6 Å². The highest BCUT2D eigenvalue weighted by Gasteiger charge is 2.28. The van der Waals surface area contributed by atoms with Gasteiger partial charge in [0.25, 0.3) is 0 Å². The van der Waals surface area contributed by atoms with Crippen LogP contribution in [0.15, 0.2) is 29.4 Å². The van der Waals surface area contributed by atoms with Gasteiger partial charge in [-0.3, -0.25) is 14.0 Å². The molecule has 6 nitrogen and oxygen atoms in total. The van der Waals surface area contributed by atoms with Crippen LogP contribution in [0.3, 0.4) is 0 Å². The van der Waals surface area contributed by atoms with Crippen molar-refractivity contribution in [1.29, 1.82) is 0 Å². The predicted octanol–water partition coefficient (Wildman–Crippen LogP) is 3.07. The molecule has 0 fully saturated rings. The summed E-state index contributed by atoms with van der Waals surface area (Å²) in [4.78, 5) is 23.6. The molecule has 1 atom stereocenters. The van der Waals surface area contributed by atoms with Crippen molar-refractivity contribution < 1.29 is 14.3 Å². The number of methoxy groups -OCH3 is 1. The average molecular weight is 364 g/mol. The largest absolute Gasteiger partial charge is 0.468 e. The fraction of sp³-hybridized carbons (Fsp3) is 0.250. The van der Waals surface area contributed by atoms with Gasteiger partial charge in [0.1, 0.15) is 0 Å². The Morgan fingerprint density at radius 2 is 2.04 bits per heavy atom. The lowest BCUT2D eigenvalue weighted by Crippen LogP contribution is -2.26. The molecule has 0 aliphatic heterocycles. The van der Waals surface area contributed by atoms with E-state index in [-0.39, 0.29) is 5.78 Å². The topological polar surface area (TPSA) is 73.6 Å². The Bertz CT molecular complexity index is 970. The highest BCUT2D eigenvalue weighted by atomic mass is 35.5.